The molecule has 1 aliphatic rings. The van der Waals surface area contributed by atoms with E-state index in [0.29, 0.717) is 24.1 Å². The van der Waals surface area contributed by atoms with Crippen molar-refractivity contribution in [3.05, 3.63) is 41.5 Å². The predicted octanol–water partition coefficient (Wildman–Crippen LogP) is 7.61. The van der Waals surface area contributed by atoms with Crippen LogP contribution < -0.4 is 10.3 Å². The van der Waals surface area contributed by atoms with Crippen LogP contribution in [0.1, 0.15) is 84.3 Å². The van der Waals surface area contributed by atoms with Crippen molar-refractivity contribution in [2.24, 2.45) is 11.3 Å². The largest absolute Gasteiger partial charge is 0.481 e. The lowest BCUT2D eigenvalue weighted by Gasteiger charge is -2.33. The van der Waals surface area contributed by atoms with Gasteiger partial charge in [-0.25, -0.2) is 0 Å². The van der Waals surface area contributed by atoms with Gasteiger partial charge in [0.25, 0.3) is 0 Å². The maximum Gasteiger partial charge on any atom is 0.304 e. The van der Waals surface area contributed by atoms with E-state index in [1.165, 1.54) is 32.1 Å². The number of fused-ring (bicyclic) bond motifs is 1. The van der Waals surface area contributed by atoms with Gasteiger partial charge < -0.3 is 10.4 Å². The van der Waals surface area contributed by atoms with E-state index in [4.69, 9.17) is 5.11 Å². The quantitative estimate of drug-likeness (QED) is 0.447. The minimum Gasteiger partial charge on any atom is -0.481 e. The molecule has 1 saturated carbocycles. The Morgan fingerprint density at radius 1 is 1.12 bits per heavy atom. The van der Waals surface area contributed by atoms with Gasteiger partial charge >= 0.3 is 5.97 Å². The van der Waals surface area contributed by atoms with E-state index in [-0.39, 0.29) is 12.2 Å². The van der Waals surface area contributed by atoms with E-state index >= 15 is 0 Å². The van der Waals surface area contributed by atoms with Crippen molar-refractivity contribution in [1.82, 2.24) is 5.32 Å². The van der Waals surface area contributed by atoms with Gasteiger partial charge in [0.2, 0.25) is 0 Å². The maximum atomic E-state index is 12.7. The summed E-state index contributed by atoms with van der Waals surface area (Å²) in [6, 6.07) is 9.32. The molecule has 2 aromatic rings. The van der Waals surface area contributed by atoms with Crippen molar-refractivity contribution >= 4 is 16.7 Å². The van der Waals surface area contributed by atoms with Gasteiger partial charge in [-0.05, 0) is 53.5 Å². The number of rotatable bonds is 6. The topological polar surface area (TPSA) is 58.6 Å². The number of nitrogens with one attached hydrogen (secondary N) is 1. The summed E-state index contributed by atoms with van der Waals surface area (Å²) in [5.41, 5.74) is 2.20. The molecule has 0 aromatic heterocycles. The SMILES string of the molecule is CC.CC(C)(C)C1CCCCC1.Cc1cc(OF)c(CNCCC(=O)O)c2ccccc12. The van der Waals surface area contributed by atoms with Gasteiger partial charge in [-0.15, -0.1) is 0 Å². The van der Waals surface area contributed by atoms with Gasteiger partial charge in [0, 0.05) is 23.2 Å². The third-order valence-corrected chi connectivity index (χ3v) is 6.05. The molecule has 0 aliphatic heterocycles. The number of carboxylic acids is 1. The van der Waals surface area contributed by atoms with Crippen molar-refractivity contribution in [3.63, 3.8) is 0 Å². The third-order valence-electron chi connectivity index (χ3n) is 6.05. The van der Waals surface area contributed by atoms with E-state index in [1.54, 1.807) is 6.07 Å². The maximum absolute atomic E-state index is 12.7. The van der Waals surface area contributed by atoms with Crippen molar-refractivity contribution in [1.29, 1.82) is 0 Å². The molecule has 180 valence electrons. The minimum absolute atomic E-state index is 0.0234. The fourth-order valence-corrected chi connectivity index (χ4v) is 4.21. The molecule has 0 saturated heterocycles. The van der Waals surface area contributed by atoms with Gasteiger partial charge in [0.05, 0.1) is 6.42 Å². The summed E-state index contributed by atoms with van der Waals surface area (Å²) < 4.78 is 12.7. The second-order valence-electron chi connectivity index (χ2n) is 9.31. The summed E-state index contributed by atoms with van der Waals surface area (Å²) in [4.78, 5) is 14.4. The number of aliphatic carboxylic acids is 1. The molecular formula is C27H42FNO3. The van der Waals surface area contributed by atoms with Crippen LogP contribution in [-0.2, 0) is 11.3 Å². The number of aryl methyl sites for hydroxylation is 1. The van der Waals surface area contributed by atoms with Crippen LogP contribution in [0, 0.1) is 18.3 Å². The zero-order chi connectivity index (χ0) is 24.1. The zero-order valence-corrected chi connectivity index (χ0v) is 20.8. The number of carboxylic acid groups (broad SMARTS) is 1. The van der Waals surface area contributed by atoms with Crippen molar-refractivity contribution < 1.29 is 19.4 Å². The van der Waals surface area contributed by atoms with Crippen LogP contribution in [0.4, 0.5) is 4.53 Å². The molecule has 2 N–H and O–H groups in total. The second-order valence-corrected chi connectivity index (χ2v) is 9.31. The lowest BCUT2D eigenvalue weighted by Crippen LogP contribution is -2.22. The van der Waals surface area contributed by atoms with Crippen LogP contribution in [0.15, 0.2) is 30.3 Å². The smallest absolute Gasteiger partial charge is 0.304 e. The first kappa shape index (κ1) is 27.9. The van der Waals surface area contributed by atoms with Gasteiger partial charge in [-0.1, -0.05) is 78.1 Å². The average molecular weight is 448 g/mol. The molecule has 4 nitrogen and oxygen atoms in total. The Labute approximate surface area is 193 Å². The summed E-state index contributed by atoms with van der Waals surface area (Å²) in [5.74, 6) is 0.304. The standard InChI is InChI=1S/C15H16FNO3.C10H20.C2H6/c1-10-8-14(20-16)13(9-17-7-6-15(18)19)12-5-3-2-4-11(10)12;1-10(2,3)9-7-5-4-6-8-9;1-2/h2-5,8,17H,6-7,9H2,1H3,(H,18,19);9H,4-8H2,1-3H3;1-2H3. The Kier molecular flexibility index (Phi) is 12.3. The second kappa shape index (κ2) is 14.1. The highest BCUT2D eigenvalue weighted by Gasteiger charge is 2.25. The lowest BCUT2D eigenvalue weighted by molar-refractivity contribution is -0.136. The predicted molar refractivity (Wildman–Crippen MR) is 132 cm³/mol. The fraction of sp³-hybridized carbons (Fsp3) is 0.593. The van der Waals surface area contributed by atoms with E-state index in [1.807, 2.05) is 45.0 Å². The van der Waals surface area contributed by atoms with Gasteiger partial charge in [0.15, 0.2) is 5.75 Å². The minimum atomic E-state index is -0.867. The first-order valence-corrected chi connectivity index (χ1v) is 12.0. The highest BCUT2D eigenvalue weighted by Crippen LogP contribution is 2.37. The fourth-order valence-electron chi connectivity index (χ4n) is 4.21. The molecule has 0 amide bonds. The Hall–Kier alpha value is -2.14. The Morgan fingerprint density at radius 3 is 2.22 bits per heavy atom. The van der Waals surface area contributed by atoms with Crippen LogP contribution in [0.3, 0.4) is 0 Å². The van der Waals surface area contributed by atoms with E-state index < -0.39 is 5.97 Å². The van der Waals surface area contributed by atoms with Gasteiger partial charge in [-0.2, -0.15) is 0 Å². The van der Waals surface area contributed by atoms with E-state index in [2.05, 4.69) is 31.0 Å². The van der Waals surface area contributed by atoms with Crippen molar-refractivity contribution in [2.75, 3.05) is 6.54 Å². The Balaban J connectivity index is 0.000000358. The summed E-state index contributed by atoms with van der Waals surface area (Å²) in [5, 5.41) is 13.5. The number of hydrogen-bond acceptors (Lipinski definition) is 3. The average Bonchev–Trinajstić information content (AvgIpc) is 2.79. The van der Waals surface area contributed by atoms with E-state index in [0.717, 1.165) is 22.3 Å². The molecule has 0 radical (unpaired) electrons. The monoisotopic (exact) mass is 447 g/mol. The van der Waals surface area contributed by atoms with Crippen LogP contribution in [-0.4, -0.2) is 17.6 Å². The van der Waals surface area contributed by atoms with Crippen molar-refractivity contribution in [3.8, 4) is 5.75 Å². The summed E-state index contributed by atoms with van der Waals surface area (Å²) in [6.45, 7) is 13.7. The molecule has 5 heteroatoms. The highest BCUT2D eigenvalue weighted by molar-refractivity contribution is 5.90. The van der Waals surface area contributed by atoms with Crippen LogP contribution in [0.25, 0.3) is 10.8 Å². The zero-order valence-electron chi connectivity index (χ0n) is 20.8. The molecule has 32 heavy (non-hydrogen) atoms. The molecular weight excluding hydrogens is 405 g/mol. The summed E-state index contributed by atoms with van der Waals surface area (Å²) >= 11 is 0. The summed E-state index contributed by atoms with van der Waals surface area (Å²) in [6.07, 6.45) is 7.40. The molecule has 0 unspecified atom stereocenters. The molecule has 0 atom stereocenters. The number of benzene rings is 2. The van der Waals surface area contributed by atoms with Crippen LogP contribution in [0.5, 0.6) is 5.75 Å². The molecule has 1 aliphatic carbocycles. The summed E-state index contributed by atoms with van der Waals surface area (Å²) in [7, 11) is 0. The number of carbonyl (C=O) groups is 1. The molecule has 2 aromatic carbocycles. The first-order valence-electron chi connectivity index (χ1n) is 12.0. The molecule has 0 heterocycles. The highest BCUT2D eigenvalue weighted by atomic mass is 19.3. The van der Waals surface area contributed by atoms with Crippen molar-refractivity contribution in [2.45, 2.75) is 86.6 Å². The first-order chi connectivity index (χ1) is 15.2. The third kappa shape index (κ3) is 8.78. The molecule has 1 fully saturated rings. The molecule has 0 bridgehead atoms. The van der Waals surface area contributed by atoms with Gasteiger partial charge in [0.1, 0.15) is 0 Å². The number of halogens is 1. The van der Waals surface area contributed by atoms with E-state index in [9.17, 15) is 9.32 Å². The lowest BCUT2D eigenvalue weighted by atomic mass is 9.72. The Morgan fingerprint density at radius 2 is 1.72 bits per heavy atom. The van der Waals surface area contributed by atoms with Crippen LogP contribution in [0.2, 0.25) is 0 Å². The Bertz CT molecular complexity index is 823. The van der Waals surface area contributed by atoms with Crippen LogP contribution >= 0.6 is 0 Å². The normalized spacial score (nSPS) is 14.1. The molecule has 0 spiro atoms. The van der Waals surface area contributed by atoms with Gasteiger partial charge in [-0.3, -0.25) is 9.74 Å². The number of hydrogen-bond donors (Lipinski definition) is 2. The molecule has 3 rings (SSSR count).